The van der Waals surface area contributed by atoms with Gasteiger partial charge in [0.15, 0.2) is 0 Å². The van der Waals surface area contributed by atoms with Crippen molar-refractivity contribution in [2.75, 3.05) is 5.32 Å². The van der Waals surface area contributed by atoms with Gasteiger partial charge >= 0.3 is 0 Å². The maximum atomic E-state index is 10.00. The van der Waals surface area contributed by atoms with Gasteiger partial charge in [0, 0.05) is 0 Å². The standard InChI is InChI=1S/C12H20N4O/c1-8-9(2)15-16-12(13-8)14-10-6-4-3-5-7-11(10)17/h10-11,17H,3-7H2,1-2H3,(H,13,14,16). The molecule has 5 heteroatoms. The highest BCUT2D eigenvalue weighted by molar-refractivity contribution is 5.27. The molecular formula is C12H20N4O. The Hall–Kier alpha value is -1.23. The molecule has 1 aromatic heterocycles. The van der Waals surface area contributed by atoms with Gasteiger partial charge in [-0.1, -0.05) is 19.3 Å². The van der Waals surface area contributed by atoms with Crippen LogP contribution < -0.4 is 5.32 Å². The molecule has 0 aliphatic heterocycles. The average molecular weight is 236 g/mol. The third kappa shape index (κ3) is 3.12. The summed E-state index contributed by atoms with van der Waals surface area (Å²) in [7, 11) is 0. The Labute approximate surface area is 102 Å². The van der Waals surface area contributed by atoms with Crippen molar-refractivity contribution in [2.24, 2.45) is 0 Å². The van der Waals surface area contributed by atoms with Crippen molar-refractivity contribution in [3.05, 3.63) is 11.4 Å². The number of aryl methyl sites for hydroxylation is 2. The lowest BCUT2D eigenvalue weighted by atomic mass is 10.1. The normalized spacial score (nSPS) is 25.4. The van der Waals surface area contributed by atoms with Crippen LogP contribution in [-0.4, -0.2) is 32.4 Å². The molecule has 1 aliphatic rings. The van der Waals surface area contributed by atoms with Gasteiger partial charge in [-0.3, -0.25) is 0 Å². The first-order valence-corrected chi connectivity index (χ1v) is 6.29. The van der Waals surface area contributed by atoms with Gasteiger partial charge in [-0.15, -0.1) is 5.10 Å². The average Bonchev–Trinajstić information content (AvgIpc) is 2.50. The third-order valence-electron chi connectivity index (χ3n) is 3.39. The molecule has 1 aromatic rings. The second-order valence-corrected chi connectivity index (χ2v) is 4.76. The zero-order valence-electron chi connectivity index (χ0n) is 10.5. The molecule has 1 heterocycles. The fraction of sp³-hybridized carbons (Fsp3) is 0.750. The van der Waals surface area contributed by atoms with E-state index in [0.29, 0.717) is 5.95 Å². The van der Waals surface area contributed by atoms with Crippen LogP contribution in [0.3, 0.4) is 0 Å². The maximum Gasteiger partial charge on any atom is 0.243 e. The van der Waals surface area contributed by atoms with E-state index in [9.17, 15) is 5.11 Å². The molecule has 2 unspecified atom stereocenters. The van der Waals surface area contributed by atoms with E-state index in [1.807, 2.05) is 13.8 Å². The predicted octanol–water partition coefficient (Wildman–Crippen LogP) is 1.59. The molecule has 1 fully saturated rings. The Kier molecular flexibility index (Phi) is 3.89. The van der Waals surface area contributed by atoms with Gasteiger partial charge < -0.3 is 10.4 Å². The van der Waals surface area contributed by atoms with Crippen LogP contribution in [0, 0.1) is 13.8 Å². The highest BCUT2D eigenvalue weighted by Crippen LogP contribution is 2.20. The van der Waals surface area contributed by atoms with E-state index in [-0.39, 0.29) is 12.1 Å². The van der Waals surface area contributed by atoms with Crippen LogP contribution >= 0.6 is 0 Å². The lowest BCUT2D eigenvalue weighted by Crippen LogP contribution is -2.33. The molecule has 17 heavy (non-hydrogen) atoms. The van der Waals surface area contributed by atoms with Crippen molar-refractivity contribution in [1.82, 2.24) is 15.2 Å². The molecular weight excluding hydrogens is 216 g/mol. The van der Waals surface area contributed by atoms with Gasteiger partial charge in [0.25, 0.3) is 0 Å². The number of nitrogens with one attached hydrogen (secondary N) is 1. The number of aliphatic hydroxyl groups is 1. The second kappa shape index (κ2) is 5.40. The Balaban J connectivity index is 2.05. The highest BCUT2D eigenvalue weighted by atomic mass is 16.3. The number of hydrogen-bond acceptors (Lipinski definition) is 5. The summed E-state index contributed by atoms with van der Waals surface area (Å²) < 4.78 is 0. The van der Waals surface area contributed by atoms with Crippen LogP contribution in [-0.2, 0) is 0 Å². The number of aliphatic hydroxyl groups excluding tert-OH is 1. The van der Waals surface area contributed by atoms with Gasteiger partial charge in [0.05, 0.1) is 23.5 Å². The topological polar surface area (TPSA) is 70.9 Å². The molecule has 2 atom stereocenters. The van der Waals surface area contributed by atoms with E-state index in [1.165, 1.54) is 6.42 Å². The zero-order valence-corrected chi connectivity index (χ0v) is 10.5. The summed E-state index contributed by atoms with van der Waals surface area (Å²) in [6.45, 7) is 3.80. The molecule has 0 amide bonds. The van der Waals surface area contributed by atoms with Crippen molar-refractivity contribution in [3.63, 3.8) is 0 Å². The molecule has 94 valence electrons. The highest BCUT2D eigenvalue weighted by Gasteiger charge is 2.22. The Bertz CT molecular complexity index is 383. The number of aromatic nitrogens is 3. The summed E-state index contributed by atoms with van der Waals surface area (Å²) in [6, 6.07) is 0.0569. The molecule has 0 bridgehead atoms. The minimum Gasteiger partial charge on any atom is -0.391 e. The van der Waals surface area contributed by atoms with Gasteiger partial charge in [-0.05, 0) is 26.7 Å². The lowest BCUT2D eigenvalue weighted by molar-refractivity contribution is 0.144. The summed E-state index contributed by atoms with van der Waals surface area (Å²) in [4.78, 5) is 4.34. The summed E-state index contributed by atoms with van der Waals surface area (Å²) in [5.74, 6) is 0.527. The number of nitrogens with zero attached hydrogens (tertiary/aromatic N) is 3. The first kappa shape index (κ1) is 12.2. The molecule has 0 saturated heterocycles. The van der Waals surface area contributed by atoms with E-state index < -0.39 is 0 Å². The van der Waals surface area contributed by atoms with E-state index in [4.69, 9.17) is 0 Å². The quantitative estimate of drug-likeness (QED) is 0.763. The SMILES string of the molecule is Cc1nnc(NC2CCCCCC2O)nc1C. The minimum atomic E-state index is -0.303. The Morgan fingerprint density at radius 3 is 2.59 bits per heavy atom. The number of hydrogen-bond donors (Lipinski definition) is 2. The van der Waals surface area contributed by atoms with Crippen molar-refractivity contribution in [1.29, 1.82) is 0 Å². The van der Waals surface area contributed by atoms with Gasteiger partial charge in [0.2, 0.25) is 5.95 Å². The molecule has 0 spiro atoms. The van der Waals surface area contributed by atoms with Crippen molar-refractivity contribution in [2.45, 2.75) is 58.1 Å². The molecule has 1 aliphatic carbocycles. The Morgan fingerprint density at radius 1 is 1.06 bits per heavy atom. The molecule has 0 aromatic carbocycles. The monoisotopic (exact) mass is 236 g/mol. The van der Waals surface area contributed by atoms with Crippen molar-refractivity contribution in [3.8, 4) is 0 Å². The molecule has 2 N–H and O–H groups in total. The van der Waals surface area contributed by atoms with Crippen molar-refractivity contribution >= 4 is 5.95 Å². The minimum absolute atomic E-state index is 0.0569. The van der Waals surface area contributed by atoms with Gasteiger partial charge in [-0.25, -0.2) is 4.98 Å². The van der Waals surface area contributed by atoms with E-state index in [1.54, 1.807) is 0 Å². The lowest BCUT2D eigenvalue weighted by Gasteiger charge is -2.21. The van der Waals surface area contributed by atoms with Gasteiger partial charge in [0.1, 0.15) is 0 Å². The largest absolute Gasteiger partial charge is 0.391 e. The fourth-order valence-corrected chi connectivity index (χ4v) is 2.14. The summed E-state index contributed by atoms with van der Waals surface area (Å²) >= 11 is 0. The van der Waals surface area contributed by atoms with Crippen LogP contribution in [0.15, 0.2) is 0 Å². The Morgan fingerprint density at radius 2 is 1.82 bits per heavy atom. The summed E-state index contributed by atoms with van der Waals surface area (Å²) in [6.07, 6.45) is 4.97. The van der Waals surface area contributed by atoms with Crippen LogP contribution in [0.2, 0.25) is 0 Å². The van der Waals surface area contributed by atoms with Crippen LogP contribution in [0.5, 0.6) is 0 Å². The molecule has 1 saturated carbocycles. The fourth-order valence-electron chi connectivity index (χ4n) is 2.14. The van der Waals surface area contributed by atoms with Gasteiger partial charge in [-0.2, -0.15) is 5.10 Å². The molecule has 2 rings (SSSR count). The summed E-state index contributed by atoms with van der Waals surface area (Å²) in [5.41, 5.74) is 1.72. The van der Waals surface area contributed by atoms with Crippen LogP contribution in [0.4, 0.5) is 5.95 Å². The number of rotatable bonds is 2. The van der Waals surface area contributed by atoms with E-state index in [0.717, 1.165) is 37.1 Å². The van der Waals surface area contributed by atoms with E-state index in [2.05, 4.69) is 20.5 Å². The smallest absolute Gasteiger partial charge is 0.243 e. The molecule has 0 radical (unpaired) electrons. The maximum absolute atomic E-state index is 10.00. The zero-order chi connectivity index (χ0) is 12.3. The molecule has 5 nitrogen and oxygen atoms in total. The number of anilines is 1. The predicted molar refractivity (Wildman–Crippen MR) is 65.8 cm³/mol. The van der Waals surface area contributed by atoms with E-state index >= 15 is 0 Å². The van der Waals surface area contributed by atoms with Crippen LogP contribution in [0.1, 0.15) is 43.5 Å². The van der Waals surface area contributed by atoms with Crippen LogP contribution in [0.25, 0.3) is 0 Å². The first-order valence-electron chi connectivity index (χ1n) is 6.29. The van der Waals surface area contributed by atoms with Crippen molar-refractivity contribution < 1.29 is 5.11 Å². The second-order valence-electron chi connectivity index (χ2n) is 4.76. The first-order chi connectivity index (χ1) is 8.16. The summed E-state index contributed by atoms with van der Waals surface area (Å²) in [5, 5.41) is 21.3. The third-order valence-corrected chi connectivity index (χ3v) is 3.39.